The van der Waals surface area contributed by atoms with Crippen molar-refractivity contribution in [2.75, 3.05) is 20.3 Å². The number of aromatic nitrogens is 2. The molecule has 2 heterocycles. The molecule has 0 saturated heterocycles. The third-order valence-electron chi connectivity index (χ3n) is 4.02. The number of carbonyl (C=O) groups is 1. The van der Waals surface area contributed by atoms with Crippen LogP contribution in [0.2, 0.25) is 0 Å². The van der Waals surface area contributed by atoms with Crippen molar-refractivity contribution in [1.82, 2.24) is 10.2 Å². The Morgan fingerprint density at radius 3 is 2.71 bits per heavy atom. The van der Waals surface area contributed by atoms with E-state index in [0.717, 1.165) is 0 Å². The Bertz CT molecular complexity index is 806. The van der Waals surface area contributed by atoms with Crippen LogP contribution in [0.3, 0.4) is 0 Å². The predicted molar refractivity (Wildman–Crippen MR) is 85.8 cm³/mol. The molecule has 128 valence electrons. The summed E-state index contributed by atoms with van der Waals surface area (Å²) in [4.78, 5) is 23.7. The number of nitrogens with two attached hydrogens (primary N) is 1. The van der Waals surface area contributed by atoms with Crippen molar-refractivity contribution in [3.63, 3.8) is 0 Å². The maximum absolute atomic E-state index is 12.2. The van der Waals surface area contributed by atoms with Crippen molar-refractivity contribution >= 4 is 5.91 Å². The van der Waals surface area contributed by atoms with Crippen molar-refractivity contribution in [1.29, 1.82) is 0 Å². The lowest BCUT2D eigenvalue weighted by Crippen LogP contribution is -2.21. The molecular weight excluding hydrogens is 314 g/mol. The topological polar surface area (TPSA) is 119 Å². The quantitative estimate of drug-likeness (QED) is 0.747. The number of aryl methyl sites for hydroxylation is 1. The van der Waals surface area contributed by atoms with E-state index in [4.69, 9.17) is 19.9 Å². The summed E-state index contributed by atoms with van der Waals surface area (Å²) in [6.07, 6.45) is -0.00935. The zero-order chi connectivity index (χ0) is 17.3. The van der Waals surface area contributed by atoms with E-state index in [9.17, 15) is 9.59 Å². The SMILES string of the molecule is COc1cc([C@@H](CC(N)=O)c2c(C)[nH][nH]c2=O)cc2c1OCCO2. The lowest BCUT2D eigenvalue weighted by atomic mass is 9.88. The van der Waals surface area contributed by atoms with Gasteiger partial charge in [-0.15, -0.1) is 0 Å². The molecule has 8 heteroatoms. The Labute approximate surface area is 137 Å². The van der Waals surface area contributed by atoms with E-state index in [-0.39, 0.29) is 12.0 Å². The molecule has 1 aromatic carbocycles. The molecule has 1 aliphatic heterocycles. The Hall–Kier alpha value is -2.90. The fourth-order valence-electron chi connectivity index (χ4n) is 2.96. The van der Waals surface area contributed by atoms with Gasteiger partial charge < -0.3 is 25.0 Å². The highest BCUT2D eigenvalue weighted by Gasteiger charge is 2.27. The summed E-state index contributed by atoms with van der Waals surface area (Å²) in [5, 5.41) is 5.31. The van der Waals surface area contributed by atoms with E-state index in [0.29, 0.717) is 47.3 Å². The average molecular weight is 333 g/mol. The van der Waals surface area contributed by atoms with Gasteiger partial charge in [0.15, 0.2) is 11.5 Å². The van der Waals surface area contributed by atoms with E-state index >= 15 is 0 Å². The lowest BCUT2D eigenvalue weighted by molar-refractivity contribution is -0.118. The normalized spacial score (nSPS) is 14.2. The lowest BCUT2D eigenvalue weighted by Gasteiger charge is -2.23. The van der Waals surface area contributed by atoms with Crippen LogP contribution in [0.1, 0.15) is 29.2 Å². The van der Waals surface area contributed by atoms with Gasteiger partial charge in [0.05, 0.1) is 7.11 Å². The van der Waals surface area contributed by atoms with Crippen molar-refractivity contribution in [3.8, 4) is 17.2 Å². The molecule has 0 unspecified atom stereocenters. The third-order valence-corrected chi connectivity index (χ3v) is 4.02. The van der Waals surface area contributed by atoms with Gasteiger partial charge in [-0.05, 0) is 24.6 Å². The van der Waals surface area contributed by atoms with Crippen LogP contribution in [0, 0.1) is 6.92 Å². The van der Waals surface area contributed by atoms with Gasteiger partial charge in [0, 0.05) is 23.6 Å². The van der Waals surface area contributed by atoms with Crippen molar-refractivity contribution in [3.05, 3.63) is 39.3 Å². The van der Waals surface area contributed by atoms with E-state index in [1.165, 1.54) is 7.11 Å². The number of rotatable bonds is 5. The molecule has 0 spiro atoms. The minimum atomic E-state index is -0.512. The Morgan fingerprint density at radius 2 is 2.08 bits per heavy atom. The van der Waals surface area contributed by atoms with Crippen LogP contribution in [0.25, 0.3) is 0 Å². The maximum Gasteiger partial charge on any atom is 0.267 e. The maximum atomic E-state index is 12.2. The second-order valence-electron chi connectivity index (χ2n) is 5.59. The van der Waals surface area contributed by atoms with Crippen molar-refractivity contribution in [2.24, 2.45) is 5.73 Å². The Balaban J connectivity index is 2.14. The molecule has 0 radical (unpaired) electrons. The van der Waals surface area contributed by atoms with Gasteiger partial charge in [0.1, 0.15) is 13.2 Å². The van der Waals surface area contributed by atoms with Crippen LogP contribution >= 0.6 is 0 Å². The van der Waals surface area contributed by atoms with Crippen molar-refractivity contribution < 1.29 is 19.0 Å². The number of hydrogen-bond donors (Lipinski definition) is 3. The molecule has 8 nitrogen and oxygen atoms in total. The number of aromatic amines is 2. The summed E-state index contributed by atoms with van der Waals surface area (Å²) in [6.45, 7) is 2.62. The summed E-state index contributed by atoms with van der Waals surface area (Å²) in [6, 6.07) is 3.50. The van der Waals surface area contributed by atoms with E-state index in [1.54, 1.807) is 19.1 Å². The van der Waals surface area contributed by atoms with Crippen LogP contribution < -0.4 is 25.5 Å². The molecule has 2 aromatic rings. The van der Waals surface area contributed by atoms with Gasteiger partial charge in [0.25, 0.3) is 5.56 Å². The van der Waals surface area contributed by atoms with Gasteiger partial charge in [-0.25, -0.2) is 0 Å². The average Bonchev–Trinajstić information content (AvgIpc) is 2.90. The summed E-state index contributed by atoms with van der Waals surface area (Å²) < 4.78 is 16.6. The van der Waals surface area contributed by atoms with E-state index < -0.39 is 11.8 Å². The first-order chi connectivity index (χ1) is 11.5. The van der Waals surface area contributed by atoms with Crippen LogP contribution in [0.5, 0.6) is 17.2 Å². The molecule has 1 aliphatic rings. The highest BCUT2D eigenvalue weighted by atomic mass is 16.6. The number of nitrogens with one attached hydrogen (secondary N) is 2. The van der Waals surface area contributed by atoms with Gasteiger partial charge in [-0.2, -0.15) is 0 Å². The third kappa shape index (κ3) is 2.82. The second-order valence-corrected chi connectivity index (χ2v) is 5.59. The van der Waals surface area contributed by atoms with Crippen LogP contribution in [0.4, 0.5) is 0 Å². The number of fused-ring (bicyclic) bond motifs is 1. The highest BCUT2D eigenvalue weighted by molar-refractivity contribution is 5.76. The zero-order valence-corrected chi connectivity index (χ0v) is 13.5. The number of methoxy groups -OCH3 is 1. The summed E-state index contributed by atoms with van der Waals surface area (Å²) in [7, 11) is 1.52. The molecule has 1 aromatic heterocycles. The first-order valence-electron chi connectivity index (χ1n) is 7.54. The van der Waals surface area contributed by atoms with E-state index in [1.807, 2.05) is 0 Å². The minimum absolute atomic E-state index is 0.00935. The number of ether oxygens (including phenoxy) is 3. The van der Waals surface area contributed by atoms with Gasteiger partial charge in [0.2, 0.25) is 11.7 Å². The molecule has 0 saturated carbocycles. The molecule has 4 N–H and O–H groups in total. The number of primary amides is 1. The highest BCUT2D eigenvalue weighted by Crippen LogP contribution is 2.43. The van der Waals surface area contributed by atoms with Crippen LogP contribution in [-0.4, -0.2) is 36.4 Å². The first kappa shape index (κ1) is 16.0. The molecule has 0 bridgehead atoms. The number of benzene rings is 1. The van der Waals surface area contributed by atoms with Gasteiger partial charge in [-0.3, -0.25) is 14.7 Å². The number of amides is 1. The number of carbonyl (C=O) groups excluding carboxylic acids is 1. The zero-order valence-electron chi connectivity index (χ0n) is 13.5. The predicted octanol–water partition coefficient (Wildman–Crippen LogP) is 0.799. The van der Waals surface area contributed by atoms with Crippen molar-refractivity contribution in [2.45, 2.75) is 19.3 Å². The molecule has 1 amide bonds. The fourth-order valence-corrected chi connectivity index (χ4v) is 2.96. The van der Waals surface area contributed by atoms with E-state index in [2.05, 4.69) is 10.2 Å². The Kier molecular flexibility index (Phi) is 4.20. The summed E-state index contributed by atoms with van der Waals surface area (Å²) in [5.74, 6) is 0.511. The van der Waals surface area contributed by atoms with Crippen LogP contribution in [0.15, 0.2) is 16.9 Å². The largest absolute Gasteiger partial charge is 0.493 e. The molecule has 1 atom stereocenters. The number of hydrogen-bond acceptors (Lipinski definition) is 5. The minimum Gasteiger partial charge on any atom is -0.493 e. The fraction of sp³-hybridized carbons (Fsp3) is 0.375. The monoisotopic (exact) mass is 333 g/mol. The molecule has 24 heavy (non-hydrogen) atoms. The Morgan fingerprint density at radius 1 is 1.33 bits per heavy atom. The smallest absolute Gasteiger partial charge is 0.267 e. The molecule has 3 rings (SSSR count). The summed E-state index contributed by atoms with van der Waals surface area (Å²) >= 11 is 0. The van der Waals surface area contributed by atoms with Crippen LogP contribution in [-0.2, 0) is 4.79 Å². The second kappa shape index (κ2) is 6.31. The first-order valence-corrected chi connectivity index (χ1v) is 7.54. The summed E-state index contributed by atoms with van der Waals surface area (Å²) in [5.41, 5.74) is 6.93. The van der Waals surface area contributed by atoms with Gasteiger partial charge in [-0.1, -0.05) is 0 Å². The molecule has 0 fully saturated rings. The van der Waals surface area contributed by atoms with Gasteiger partial charge >= 0.3 is 0 Å². The standard InChI is InChI=1S/C16H19N3O5/c1-8-14(16(21)19-18-8)10(7-13(17)20)9-5-11(22-2)15-12(6-9)23-3-4-24-15/h5-6,10H,3-4,7H2,1-2H3,(H2,17,20)(H2,18,19,21)/t10-/m1/s1. The molecular formula is C16H19N3O5. The molecule has 0 aliphatic carbocycles. The number of H-pyrrole nitrogens is 2.